The number of allylic oxidation sites excluding steroid dienone is 4. The monoisotopic (exact) mass is 492 g/mol. The number of benzene rings is 2. The minimum atomic E-state index is -0.591. The number of rotatable bonds is 5. The summed E-state index contributed by atoms with van der Waals surface area (Å²) in [5.74, 6) is -0.573. The van der Waals surface area contributed by atoms with E-state index in [1.165, 1.54) is 13.8 Å². The molecule has 6 nitrogen and oxygen atoms in total. The average molecular weight is 493 g/mol. The van der Waals surface area contributed by atoms with E-state index in [9.17, 15) is 9.59 Å². The summed E-state index contributed by atoms with van der Waals surface area (Å²) in [6.45, 7) is 13.0. The van der Waals surface area contributed by atoms with Crippen molar-refractivity contribution in [3.05, 3.63) is 128 Å². The predicted molar refractivity (Wildman–Crippen MR) is 142 cm³/mol. The van der Waals surface area contributed by atoms with Crippen LogP contribution in [0.15, 0.2) is 103 Å². The summed E-state index contributed by atoms with van der Waals surface area (Å²) in [5.41, 5.74) is 2.79. The molecule has 0 fully saturated rings. The fourth-order valence-corrected chi connectivity index (χ4v) is 2.50. The second kappa shape index (κ2) is 19.4. The van der Waals surface area contributed by atoms with Gasteiger partial charge in [0.15, 0.2) is 0 Å². The van der Waals surface area contributed by atoms with Crippen LogP contribution in [0, 0.1) is 13.0 Å². The molecule has 36 heavy (non-hydrogen) atoms. The lowest BCUT2D eigenvalue weighted by Crippen LogP contribution is -2.04. The molecular weight excluding hydrogens is 456 g/mol. The molecule has 0 aliphatic heterocycles. The molecule has 1 aliphatic carbocycles. The van der Waals surface area contributed by atoms with Crippen molar-refractivity contribution in [3.8, 4) is 0 Å². The van der Waals surface area contributed by atoms with Crippen molar-refractivity contribution in [1.29, 1.82) is 0 Å². The molecule has 0 saturated carbocycles. The zero-order valence-corrected chi connectivity index (χ0v) is 21.3. The molecule has 1 unspecified atom stereocenters. The fourth-order valence-electron chi connectivity index (χ4n) is 2.50. The first-order valence-corrected chi connectivity index (χ1v) is 11.3. The maximum Gasteiger partial charge on any atom is 0.307 e. The number of ether oxygens (including phenoxy) is 2. The molecule has 0 aromatic heterocycles. The predicted octanol–water partition coefficient (Wildman–Crippen LogP) is 5.78. The van der Waals surface area contributed by atoms with E-state index < -0.39 is 6.10 Å². The van der Waals surface area contributed by atoms with Crippen LogP contribution >= 0.6 is 0 Å². The third-order valence-electron chi connectivity index (χ3n) is 4.26. The third-order valence-corrected chi connectivity index (χ3v) is 4.26. The molecular formula is C30H36O6+2. The Morgan fingerprint density at radius 2 is 1.47 bits per heavy atom. The average Bonchev–Trinajstić information content (AvgIpc) is 2.86. The van der Waals surface area contributed by atoms with Gasteiger partial charge in [0.05, 0.1) is 24.8 Å². The summed E-state index contributed by atoms with van der Waals surface area (Å²) < 4.78 is 9.16. The Bertz CT molecular complexity index is 973. The van der Waals surface area contributed by atoms with Crippen molar-refractivity contribution in [2.45, 2.75) is 46.0 Å². The van der Waals surface area contributed by atoms with E-state index in [4.69, 9.17) is 14.9 Å². The second-order valence-electron chi connectivity index (χ2n) is 7.38. The van der Waals surface area contributed by atoms with Gasteiger partial charge < -0.3 is 19.7 Å². The van der Waals surface area contributed by atoms with Crippen LogP contribution in [0.1, 0.15) is 51.0 Å². The van der Waals surface area contributed by atoms with Gasteiger partial charge in [-0.2, -0.15) is 0 Å². The van der Waals surface area contributed by atoms with Crippen LogP contribution in [0.2, 0.25) is 0 Å². The molecule has 1 aliphatic rings. The van der Waals surface area contributed by atoms with Crippen LogP contribution in [-0.2, 0) is 19.1 Å². The van der Waals surface area contributed by atoms with Gasteiger partial charge in [-0.3, -0.25) is 9.59 Å². The van der Waals surface area contributed by atoms with Crippen molar-refractivity contribution in [1.82, 2.24) is 0 Å². The minimum absolute atomic E-state index is 0.149. The van der Waals surface area contributed by atoms with Crippen LogP contribution < -0.4 is 0 Å². The van der Waals surface area contributed by atoms with Gasteiger partial charge in [-0.05, 0) is 19.4 Å². The molecule has 0 heterocycles. The van der Waals surface area contributed by atoms with Crippen LogP contribution in [0.4, 0.5) is 0 Å². The molecule has 0 bridgehead atoms. The van der Waals surface area contributed by atoms with E-state index in [2.05, 4.69) is 24.3 Å². The van der Waals surface area contributed by atoms with E-state index >= 15 is 0 Å². The molecule has 2 N–H and O–H groups in total. The van der Waals surface area contributed by atoms with Crippen molar-refractivity contribution in [2.75, 3.05) is 0 Å². The molecule has 3 atom stereocenters. The molecule has 6 heteroatoms. The maximum absolute atomic E-state index is 10.6. The van der Waals surface area contributed by atoms with Crippen molar-refractivity contribution >= 4 is 11.9 Å². The normalized spacial score (nSPS) is 13.1. The van der Waals surface area contributed by atoms with Gasteiger partial charge in [-0.15, -0.1) is 0 Å². The Labute approximate surface area is 214 Å². The summed E-state index contributed by atoms with van der Waals surface area (Å²) in [7, 11) is 0. The first-order valence-electron chi connectivity index (χ1n) is 11.3. The Morgan fingerprint density at radius 3 is 1.75 bits per heavy atom. The lowest BCUT2D eigenvalue weighted by Gasteiger charge is -2.11. The largest absolute Gasteiger partial charge is 0.458 e. The van der Waals surface area contributed by atoms with Crippen LogP contribution in [0.25, 0.3) is 0 Å². The molecule has 0 saturated heterocycles. The van der Waals surface area contributed by atoms with Gasteiger partial charge in [-0.1, -0.05) is 67.2 Å². The van der Waals surface area contributed by atoms with E-state index in [0.717, 1.165) is 23.0 Å². The number of hydrogen-bond donors (Lipinski definition) is 2. The SMILES string of the molecule is C=COC(C)=O.CC(=O)O[C@H](C)c1ccccc1.C[C@H](O)C1=CC=C[C+]=C1.[CH2+]C(O)c1ccccc1. The highest BCUT2D eigenvalue weighted by Gasteiger charge is 2.08. The first-order chi connectivity index (χ1) is 17.1. The van der Waals surface area contributed by atoms with Gasteiger partial charge in [0.2, 0.25) is 6.10 Å². The van der Waals surface area contributed by atoms with Gasteiger partial charge >= 0.3 is 11.9 Å². The maximum atomic E-state index is 10.6. The molecule has 2 aromatic carbocycles. The number of hydrogen-bond acceptors (Lipinski definition) is 6. The highest BCUT2D eigenvalue weighted by molar-refractivity contribution is 5.66. The highest BCUT2D eigenvalue weighted by atomic mass is 16.5. The smallest absolute Gasteiger partial charge is 0.307 e. The number of aliphatic hydroxyl groups excluding tert-OH is 2. The quantitative estimate of drug-likeness (QED) is 0.312. The lowest BCUT2D eigenvalue weighted by molar-refractivity contribution is -0.145. The zero-order valence-electron chi connectivity index (χ0n) is 21.3. The summed E-state index contributed by atoms with van der Waals surface area (Å²) in [6, 6.07) is 19.0. The van der Waals surface area contributed by atoms with Crippen LogP contribution in [0.5, 0.6) is 0 Å². The van der Waals surface area contributed by atoms with Gasteiger partial charge in [0.25, 0.3) is 0 Å². The van der Waals surface area contributed by atoms with Crippen molar-refractivity contribution < 1.29 is 29.3 Å². The van der Waals surface area contributed by atoms with Crippen LogP contribution in [0.3, 0.4) is 0 Å². The van der Waals surface area contributed by atoms with Gasteiger partial charge in [-0.25, -0.2) is 0 Å². The number of esters is 2. The van der Waals surface area contributed by atoms with E-state index in [0.29, 0.717) is 0 Å². The summed E-state index contributed by atoms with van der Waals surface area (Å²) in [6.07, 6.45) is 10.2. The number of carbonyl (C=O) groups excluding carboxylic acids is 2. The molecule has 190 valence electrons. The number of aliphatic hydroxyl groups is 2. The summed E-state index contributed by atoms with van der Waals surface area (Å²) in [4.78, 5) is 20.4. The Balaban J connectivity index is 0.000000467. The zero-order chi connectivity index (χ0) is 27.3. The molecule has 3 rings (SSSR count). The van der Waals surface area contributed by atoms with Crippen molar-refractivity contribution in [2.24, 2.45) is 0 Å². The summed E-state index contributed by atoms with van der Waals surface area (Å²) in [5, 5.41) is 17.9. The Morgan fingerprint density at radius 1 is 0.944 bits per heavy atom. The standard InChI is InChI=1S/C10H12O2.2C8H9O.C4H6O2/c1-8(12-9(2)11)10-6-4-3-5-7-10;2*1-7(9)8-5-3-2-4-6-8;1-3-6-4(2)5/h3-8H,1-2H3;2-3,5-7,9H,1H3;2-7,9H,1H2;3H,1H2,2H3/q;2*+1;/t8-;7-;;/m10../s1. The van der Waals surface area contributed by atoms with Crippen LogP contribution in [-0.4, -0.2) is 28.3 Å². The van der Waals surface area contributed by atoms with E-state index in [-0.39, 0.29) is 24.1 Å². The van der Waals surface area contributed by atoms with E-state index in [1.54, 1.807) is 13.0 Å². The Kier molecular flexibility index (Phi) is 17.2. The molecule has 0 spiro atoms. The number of carbonyl (C=O) groups is 2. The minimum Gasteiger partial charge on any atom is -0.458 e. The molecule has 0 radical (unpaired) electrons. The lowest BCUT2D eigenvalue weighted by atomic mass is 10.1. The highest BCUT2D eigenvalue weighted by Crippen LogP contribution is 2.15. The second-order valence-corrected chi connectivity index (χ2v) is 7.38. The molecule has 0 amide bonds. The van der Waals surface area contributed by atoms with Gasteiger partial charge in [0, 0.05) is 31.6 Å². The summed E-state index contributed by atoms with van der Waals surface area (Å²) >= 11 is 0. The topological polar surface area (TPSA) is 93.1 Å². The third kappa shape index (κ3) is 16.6. The van der Waals surface area contributed by atoms with Gasteiger partial charge in [0.1, 0.15) is 24.4 Å². The van der Waals surface area contributed by atoms with Crippen molar-refractivity contribution in [3.63, 3.8) is 0 Å². The Hall–Kier alpha value is -3.96. The first kappa shape index (κ1) is 32.0. The van der Waals surface area contributed by atoms with E-state index in [1.807, 2.05) is 85.8 Å². The molecule has 2 aromatic rings. The fraction of sp³-hybridized carbons (Fsp3) is 0.233.